The fourth-order valence-electron chi connectivity index (χ4n) is 1.70. The molecule has 1 aliphatic rings. The number of carbonyl (C=O) groups is 1. The van der Waals surface area contributed by atoms with Gasteiger partial charge in [-0.1, -0.05) is 12.5 Å². The van der Waals surface area contributed by atoms with Gasteiger partial charge in [-0.05, 0) is 32.4 Å². The molecular formula is C10H17NO2. The van der Waals surface area contributed by atoms with E-state index in [0.717, 1.165) is 44.5 Å². The Kier molecular flexibility index (Phi) is 3.96. The summed E-state index contributed by atoms with van der Waals surface area (Å²) in [4.78, 5) is 12.8. The van der Waals surface area contributed by atoms with Crippen molar-refractivity contribution >= 4 is 5.97 Å². The summed E-state index contributed by atoms with van der Waals surface area (Å²) in [6, 6.07) is 0. The van der Waals surface area contributed by atoms with Crippen molar-refractivity contribution < 1.29 is 9.90 Å². The zero-order valence-corrected chi connectivity index (χ0v) is 8.12. The van der Waals surface area contributed by atoms with E-state index in [1.807, 2.05) is 0 Å². The summed E-state index contributed by atoms with van der Waals surface area (Å²) in [5, 5.41) is 8.59. The molecule has 1 saturated heterocycles. The Bertz CT molecular complexity index is 211. The van der Waals surface area contributed by atoms with Crippen molar-refractivity contribution in [2.75, 3.05) is 19.6 Å². The highest BCUT2D eigenvalue weighted by Crippen LogP contribution is 2.15. The molecule has 1 fully saturated rings. The molecule has 13 heavy (non-hydrogen) atoms. The summed E-state index contributed by atoms with van der Waals surface area (Å²) < 4.78 is 0. The second-order valence-electron chi connectivity index (χ2n) is 3.43. The van der Waals surface area contributed by atoms with Gasteiger partial charge in [0.25, 0.3) is 0 Å². The number of carboxylic acid groups (broad SMARTS) is 1. The summed E-state index contributed by atoms with van der Waals surface area (Å²) in [7, 11) is 0. The standard InChI is InChI=1S/C10H17NO2/c1-2-11-6-3-4-9(5-7-11)8-10(12)13/h8H,2-7H2,1H3,(H,12,13). The van der Waals surface area contributed by atoms with E-state index in [9.17, 15) is 4.79 Å². The van der Waals surface area contributed by atoms with E-state index in [1.165, 1.54) is 6.08 Å². The first kappa shape index (κ1) is 10.3. The lowest BCUT2D eigenvalue weighted by Gasteiger charge is -2.15. The largest absolute Gasteiger partial charge is 0.478 e. The first-order valence-electron chi connectivity index (χ1n) is 4.87. The Morgan fingerprint density at radius 3 is 2.92 bits per heavy atom. The van der Waals surface area contributed by atoms with E-state index in [-0.39, 0.29) is 0 Å². The quantitative estimate of drug-likeness (QED) is 0.659. The number of hydrogen-bond donors (Lipinski definition) is 1. The topological polar surface area (TPSA) is 40.5 Å². The Balaban J connectivity index is 2.49. The zero-order valence-electron chi connectivity index (χ0n) is 8.12. The number of carboxylic acids is 1. The third kappa shape index (κ3) is 3.59. The van der Waals surface area contributed by atoms with Gasteiger partial charge in [-0.15, -0.1) is 0 Å². The molecule has 0 aromatic heterocycles. The van der Waals surface area contributed by atoms with Crippen LogP contribution in [0.25, 0.3) is 0 Å². The van der Waals surface area contributed by atoms with E-state index in [2.05, 4.69) is 11.8 Å². The van der Waals surface area contributed by atoms with Crippen LogP contribution in [0.5, 0.6) is 0 Å². The molecule has 1 aliphatic heterocycles. The van der Waals surface area contributed by atoms with Crippen molar-refractivity contribution in [3.05, 3.63) is 11.6 Å². The highest BCUT2D eigenvalue weighted by atomic mass is 16.4. The maximum absolute atomic E-state index is 10.4. The smallest absolute Gasteiger partial charge is 0.328 e. The van der Waals surface area contributed by atoms with Gasteiger partial charge in [0.1, 0.15) is 0 Å². The van der Waals surface area contributed by atoms with Crippen molar-refractivity contribution in [1.82, 2.24) is 4.90 Å². The van der Waals surface area contributed by atoms with Crippen LogP contribution in [0.1, 0.15) is 26.2 Å². The molecule has 0 aliphatic carbocycles. The van der Waals surface area contributed by atoms with Crippen LogP contribution >= 0.6 is 0 Å². The summed E-state index contributed by atoms with van der Waals surface area (Å²) in [5.41, 5.74) is 1.09. The fourth-order valence-corrected chi connectivity index (χ4v) is 1.70. The number of hydrogen-bond acceptors (Lipinski definition) is 2. The molecule has 3 heteroatoms. The van der Waals surface area contributed by atoms with Gasteiger partial charge in [-0.3, -0.25) is 0 Å². The van der Waals surface area contributed by atoms with Gasteiger partial charge < -0.3 is 10.0 Å². The second-order valence-corrected chi connectivity index (χ2v) is 3.43. The Morgan fingerprint density at radius 2 is 2.31 bits per heavy atom. The Hall–Kier alpha value is -0.830. The molecule has 0 atom stereocenters. The van der Waals surface area contributed by atoms with Crippen molar-refractivity contribution in [1.29, 1.82) is 0 Å². The molecule has 0 amide bonds. The van der Waals surface area contributed by atoms with E-state index in [1.54, 1.807) is 0 Å². The molecular weight excluding hydrogens is 166 g/mol. The van der Waals surface area contributed by atoms with Crippen LogP contribution in [-0.2, 0) is 4.79 Å². The molecule has 0 spiro atoms. The molecule has 0 aromatic rings. The van der Waals surface area contributed by atoms with Crippen LogP contribution in [0.4, 0.5) is 0 Å². The van der Waals surface area contributed by atoms with Crippen LogP contribution in [0, 0.1) is 0 Å². The number of rotatable bonds is 2. The molecule has 0 aromatic carbocycles. The van der Waals surface area contributed by atoms with Crippen molar-refractivity contribution in [3.8, 4) is 0 Å². The Morgan fingerprint density at radius 1 is 1.54 bits per heavy atom. The first-order valence-corrected chi connectivity index (χ1v) is 4.87. The van der Waals surface area contributed by atoms with E-state index < -0.39 is 5.97 Å². The van der Waals surface area contributed by atoms with E-state index in [0.29, 0.717) is 0 Å². The molecule has 0 radical (unpaired) electrons. The van der Waals surface area contributed by atoms with Crippen LogP contribution in [0.3, 0.4) is 0 Å². The van der Waals surface area contributed by atoms with Crippen LogP contribution in [-0.4, -0.2) is 35.6 Å². The van der Waals surface area contributed by atoms with Gasteiger partial charge in [-0.2, -0.15) is 0 Å². The lowest BCUT2D eigenvalue weighted by Crippen LogP contribution is -2.23. The normalized spacial score (nSPS) is 23.0. The molecule has 1 heterocycles. The van der Waals surface area contributed by atoms with Crippen molar-refractivity contribution in [2.24, 2.45) is 0 Å². The lowest BCUT2D eigenvalue weighted by atomic mass is 10.1. The minimum atomic E-state index is -0.806. The number of aliphatic carboxylic acids is 1. The van der Waals surface area contributed by atoms with E-state index in [4.69, 9.17) is 5.11 Å². The maximum atomic E-state index is 10.4. The minimum Gasteiger partial charge on any atom is -0.478 e. The molecule has 1 rings (SSSR count). The van der Waals surface area contributed by atoms with Crippen LogP contribution in [0.2, 0.25) is 0 Å². The average Bonchev–Trinajstić information content (AvgIpc) is 2.29. The molecule has 74 valence electrons. The van der Waals surface area contributed by atoms with Gasteiger partial charge in [0, 0.05) is 12.6 Å². The third-order valence-electron chi connectivity index (χ3n) is 2.50. The van der Waals surface area contributed by atoms with Gasteiger partial charge in [0.2, 0.25) is 0 Å². The van der Waals surface area contributed by atoms with Gasteiger partial charge in [0.15, 0.2) is 0 Å². The highest BCUT2D eigenvalue weighted by Gasteiger charge is 2.10. The van der Waals surface area contributed by atoms with Crippen LogP contribution < -0.4 is 0 Å². The average molecular weight is 183 g/mol. The Labute approximate surface area is 79.0 Å². The van der Waals surface area contributed by atoms with Gasteiger partial charge in [-0.25, -0.2) is 4.79 Å². The summed E-state index contributed by atoms with van der Waals surface area (Å²) in [6.45, 7) is 5.33. The van der Waals surface area contributed by atoms with E-state index >= 15 is 0 Å². The fraction of sp³-hybridized carbons (Fsp3) is 0.700. The second kappa shape index (κ2) is 5.02. The highest BCUT2D eigenvalue weighted by molar-refractivity contribution is 5.80. The predicted octanol–water partition coefficient (Wildman–Crippen LogP) is 1.50. The molecule has 0 bridgehead atoms. The SMILES string of the molecule is CCN1CCCC(=CC(=O)O)CC1. The van der Waals surface area contributed by atoms with Crippen molar-refractivity contribution in [2.45, 2.75) is 26.2 Å². The third-order valence-corrected chi connectivity index (χ3v) is 2.50. The maximum Gasteiger partial charge on any atom is 0.328 e. The summed E-state index contributed by atoms with van der Waals surface area (Å²) in [6.07, 6.45) is 4.33. The van der Waals surface area contributed by atoms with Crippen LogP contribution in [0.15, 0.2) is 11.6 Å². The lowest BCUT2D eigenvalue weighted by molar-refractivity contribution is -0.131. The predicted molar refractivity (Wildman–Crippen MR) is 51.7 cm³/mol. The summed E-state index contributed by atoms with van der Waals surface area (Å²) >= 11 is 0. The van der Waals surface area contributed by atoms with Crippen molar-refractivity contribution in [3.63, 3.8) is 0 Å². The molecule has 1 N–H and O–H groups in total. The van der Waals surface area contributed by atoms with Gasteiger partial charge >= 0.3 is 5.97 Å². The monoisotopic (exact) mass is 183 g/mol. The molecule has 3 nitrogen and oxygen atoms in total. The van der Waals surface area contributed by atoms with Gasteiger partial charge in [0.05, 0.1) is 0 Å². The molecule has 0 saturated carbocycles. The number of nitrogens with zero attached hydrogens (tertiary/aromatic N) is 1. The zero-order chi connectivity index (χ0) is 9.68. The number of likely N-dealkylation sites (tertiary alicyclic amines) is 1. The minimum absolute atomic E-state index is 0.806. The first-order chi connectivity index (χ1) is 6.22. The summed E-state index contributed by atoms with van der Waals surface area (Å²) in [5.74, 6) is -0.806. The molecule has 0 unspecified atom stereocenters.